The lowest BCUT2D eigenvalue weighted by atomic mass is 10.1. The topological polar surface area (TPSA) is 109 Å². The Morgan fingerprint density at radius 1 is 1.09 bits per heavy atom. The van der Waals surface area contributed by atoms with Crippen LogP contribution in [0, 0.1) is 0 Å². The van der Waals surface area contributed by atoms with Crippen LogP contribution in [0.5, 0.6) is 5.75 Å². The summed E-state index contributed by atoms with van der Waals surface area (Å²) in [5, 5.41) is 11.9. The molecule has 0 aromatic heterocycles. The molecule has 1 fully saturated rings. The van der Waals surface area contributed by atoms with E-state index in [-0.39, 0.29) is 34.9 Å². The Bertz CT molecular complexity index is 976. The number of hydrogen-bond donors (Lipinski definition) is 3. The zero-order valence-electron chi connectivity index (χ0n) is 18.5. The fraction of sp³-hybridized carbons (Fsp3) is 0.409. The van der Waals surface area contributed by atoms with Gasteiger partial charge in [-0.05, 0) is 61.3 Å². The molecule has 10 heteroatoms. The van der Waals surface area contributed by atoms with Gasteiger partial charge in [0.2, 0.25) is 10.0 Å². The van der Waals surface area contributed by atoms with Gasteiger partial charge in [0.05, 0.1) is 18.0 Å². The van der Waals surface area contributed by atoms with E-state index in [4.69, 9.17) is 9.88 Å². The van der Waals surface area contributed by atoms with Crippen LogP contribution in [0.2, 0.25) is 0 Å². The van der Waals surface area contributed by atoms with Gasteiger partial charge in [-0.3, -0.25) is 9.89 Å². The molecular formula is C22H32IN5O3S. The number of likely N-dealkylation sites (tertiary alicyclic amines) is 1. The van der Waals surface area contributed by atoms with Crippen molar-refractivity contribution >= 4 is 40.0 Å². The lowest BCUT2D eigenvalue weighted by Gasteiger charge is -2.29. The first-order chi connectivity index (χ1) is 14.9. The maximum Gasteiger partial charge on any atom is 0.238 e. The lowest BCUT2D eigenvalue weighted by Crippen LogP contribution is -2.42. The maximum absolute atomic E-state index is 11.4. The fourth-order valence-electron chi connectivity index (χ4n) is 3.73. The molecule has 1 aliphatic rings. The van der Waals surface area contributed by atoms with Crippen LogP contribution in [0.25, 0.3) is 0 Å². The number of rotatable bonds is 8. The van der Waals surface area contributed by atoms with Crippen LogP contribution in [0.3, 0.4) is 0 Å². The second-order valence-corrected chi connectivity index (χ2v) is 9.09. The Labute approximate surface area is 207 Å². The second kappa shape index (κ2) is 12.4. The number of halogens is 1. The van der Waals surface area contributed by atoms with Gasteiger partial charge in [-0.2, -0.15) is 0 Å². The normalized spacial score (nSPS) is 15.7. The van der Waals surface area contributed by atoms with Crippen molar-refractivity contribution in [2.45, 2.75) is 30.3 Å². The number of sulfonamides is 1. The molecule has 1 heterocycles. The molecule has 3 rings (SSSR count). The average Bonchev–Trinajstić information content (AvgIpc) is 3.30. The number of nitrogens with zero attached hydrogens (tertiary/aromatic N) is 2. The first-order valence-corrected chi connectivity index (χ1v) is 11.9. The van der Waals surface area contributed by atoms with Crippen molar-refractivity contribution in [1.29, 1.82) is 0 Å². The number of ether oxygens (including phenoxy) is 1. The van der Waals surface area contributed by atoms with Crippen molar-refractivity contribution in [1.82, 2.24) is 15.5 Å². The Morgan fingerprint density at radius 3 is 2.25 bits per heavy atom. The highest BCUT2D eigenvalue weighted by molar-refractivity contribution is 14.0. The molecule has 0 aliphatic carbocycles. The highest BCUT2D eigenvalue weighted by Gasteiger charge is 2.23. The van der Waals surface area contributed by atoms with E-state index < -0.39 is 10.0 Å². The molecule has 2 aromatic rings. The van der Waals surface area contributed by atoms with Crippen LogP contribution in [0.4, 0.5) is 0 Å². The molecule has 0 amide bonds. The minimum absolute atomic E-state index is 0. The quantitative estimate of drug-likeness (QED) is 0.255. The third-order valence-corrected chi connectivity index (χ3v) is 6.41. The summed E-state index contributed by atoms with van der Waals surface area (Å²) in [5.41, 5.74) is 2.17. The summed E-state index contributed by atoms with van der Waals surface area (Å²) in [5.74, 6) is 1.54. The second-order valence-electron chi connectivity index (χ2n) is 7.53. The zero-order chi connectivity index (χ0) is 22.3. The van der Waals surface area contributed by atoms with Crippen LogP contribution in [0.1, 0.15) is 30.0 Å². The van der Waals surface area contributed by atoms with Gasteiger partial charge in [-0.25, -0.2) is 13.6 Å². The van der Waals surface area contributed by atoms with Gasteiger partial charge in [0.15, 0.2) is 5.96 Å². The molecule has 0 saturated carbocycles. The van der Waals surface area contributed by atoms with Crippen LogP contribution in [0.15, 0.2) is 58.4 Å². The summed E-state index contributed by atoms with van der Waals surface area (Å²) < 4.78 is 28.1. The number of methoxy groups -OCH3 is 1. The van der Waals surface area contributed by atoms with Crippen LogP contribution < -0.4 is 20.5 Å². The molecule has 32 heavy (non-hydrogen) atoms. The summed E-state index contributed by atoms with van der Waals surface area (Å²) in [4.78, 5) is 6.92. The molecule has 1 aliphatic heterocycles. The molecule has 0 radical (unpaired) electrons. The molecule has 4 N–H and O–H groups in total. The molecule has 1 saturated heterocycles. The van der Waals surface area contributed by atoms with Crippen LogP contribution in [-0.2, 0) is 16.6 Å². The van der Waals surface area contributed by atoms with E-state index >= 15 is 0 Å². The fourth-order valence-corrected chi connectivity index (χ4v) is 4.25. The van der Waals surface area contributed by atoms with E-state index in [9.17, 15) is 8.42 Å². The van der Waals surface area contributed by atoms with Crippen molar-refractivity contribution in [3.8, 4) is 5.75 Å². The van der Waals surface area contributed by atoms with E-state index in [1.165, 1.54) is 30.5 Å². The van der Waals surface area contributed by atoms with Gasteiger partial charge >= 0.3 is 0 Å². The zero-order valence-corrected chi connectivity index (χ0v) is 21.6. The molecule has 8 nitrogen and oxygen atoms in total. The molecule has 0 bridgehead atoms. The first-order valence-electron chi connectivity index (χ1n) is 10.3. The summed E-state index contributed by atoms with van der Waals surface area (Å²) >= 11 is 0. The Kier molecular flexibility index (Phi) is 10.2. The largest absolute Gasteiger partial charge is 0.497 e. The van der Waals surface area contributed by atoms with Crippen LogP contribution in [-0.4, -0.2) is 53.1 Å². The number of primary sulfonamides is 1. The van der Waals surface area contributed by atoms with E-state index in [1.54, 1.807) is 26.3 Å². The molecular weight excluding hydrogens is 541 g/mol. The monoisotopic (exact) mass is 573 g/mol. The first kappa shape index (κ1) is 26.4. The number of benzene rings is 2. The minimum Gasteiger partial charge on any atom is -0.497 e. The van der Waals surface area contributed by atoms with Crippen molar-refractivity contribution < 1.29 is 13.2 Å². The number of nitrogens with two attached hydrogens (primary N) is 1. The third-order valence-electron chi connectivity index (χ3n) is 5.48. The van der Waals surface area contributed by atoms with E-state index in [0.717, 1.165) is 30.9 Å². The SMILES string of the molecule is CN=C(NCc1ccc(S(N)(=O)=O)cc1)NCC(c1ccc(OC)cc1)N1CCCC1.I. The smallest absolute Gasteiger partial charge is 0.238 e. The van der Waals surface area contributed by atoms with Gasteiger partial charge in [0.25, 0.3) is 0 Å². The van der Waals surface area contributed by atoms with E-state index in [0.29, 0.717) is 12.5 Å². The highest BCUT2D eigenvalue weighted by Crippen LogP contribution is 2.26. The van der Waals surface area contributed by atoms with Crippen LogP contribution >= 0.6 is 24.0 Å². The Morgan fingerprint density at radius 2 is 1.72 bits per heavy atom. The Balaban J connectivity index is 0.00000363. The Hall–Kier alpha value is -1.89. The van der Waals surface area contributed by atoms with Crippen molar-refractivity contribution in [2.75, 3.05) is 33.8 Å². The standard InChI is InChI=1S/C22H31N5O3S.HI/c1-24-22(25-15-17-5-11-20(12-6-17)31(23,28)29)26-16-21(27-13-3-4-14-27)18-7-9-19(30-2)10-8-18;/h5-12,21H,3-4,13-16H2,1-2H3,(H2,23,28,29)(H2,24,25,26);1H. The summed E-state index contributed by atoms with van der Waals surface area (Å²) in [6.07, 6.45) is 2.43. The van der Waals surface area contributed by atoms with E-state index in [2.05, 4.69) is 32.7 Å². The molecule has 176 valence electrons. The lowest BCUT2D eigenvalue weighted by molar-refractivity contribution is 0.245. The van der Waals surface area contributed by atoms with Crippen molar-refractivity contribution in [3.63, 3.8) is 0 Å². The van der Waals surface area contributed by atoms with Gasteiger partial charge in [-0.1, -0.05) is 24.3 Å². The number of aliphatic imine (C=N–C) groups is 1. The highest BCUT2D eigenvalue weighted by atomic mass is 127. The van der Waals surface area contributed by atoms with Crippen molar-refractivity contribution in [2.24, 2.45) is 10.1 Å². The molecule has 1 unspecified atom stereocenters. The summed E-state index contributed by atoms with van der Waals surface area (Å²) in [6.45, 7) is 3.40. The predicted molar refractivity (Wildman–Crippen MR) is 138 cm³/mol. The van der Waals surface area contributed by atoms with Gasteiger partial charge in [0.1, 0.15) is 5.75 Å². The average molecular weight is 574 g/mol. The van der Waals surface area contributed by atoms with Crippen molar-refractivity contribution in [3.05, 3.63) is 59.7 Å². The summed E-state index contributed by atoms with van der Waals surface area (Å²) in [7, 11) is -0.275. The third kappa shape index (κ3) is 7.32. The van der Waals surface area contributed by atoms with Gasteiger partial charge in [-0.15, -0.1) is 24.0 Å². The van der Waals surface area contributed by atoms with E-state index in [1.807, 2.05) is 12.1 Å². The molecule has 0 spiro atoms. The minimum atomic E-state index is -3.68. The number of guanidine groups is 1. The number of nitrogens with one attached hydrogen (secondary N) is 2. The molecule has 2 aromatic carbocycles. The summed E-state index contributed by atoms with van der Waals surface area (Å²) in [6, 6.07) is 15.0. The van der Waals surface area contributed by atoms with Gasteiger partial charge in [0, 0.05) is 20.1 Å². The van der Waals surface area contributed by atoms with Gasteiger partial charge < -0.3 is 15.4 Å². The maximum atomic E-state index is 11.4. The predicted octanol–water partition coefficient (Wildman–Crippen LogP) is 2.46. The molecule has 1 atom stereocenters. The number of hydrogen-bond acceptors (Lipinski definition) is 5.